The zero-order valence-corrected chi connectivity index (χ0v) is 17.5. The lowest BCUT2D eigenvalue weighted by atomic mass is 9.82. The third-order valence-corrected chi connectivity index (χ3v) is 6.18. The van der Waals surface area contributed by atoms with Gasteiger partial charge in [-0.15, -0.1) is 0 Å². The Hall–Kier alpha value is -2.81. The molecule has 0 saturated heterocycles. The highest BCUT2D eigenvalue weighted by molar-refractivity contribution is 9.10. The van der Waals surface area contributed by atoms with Crippen molar-refractivity contribution in [1.29, 1.82) is 0 Å². The van der Waals surface area contributed by atoms with Crippen LogP contribution in [0, 0.1) is 23.7 Å². The number of alkyl halides is 3. The van der Waals surface area contributed by atoms with E-state index in [0.29, 0.717) is 12.2 Å². The van der Waals surface area contributed by atoms with Crippen molar-refractivity contribution in [3.8, 4) is 11.5 Å². The van der Waals surface area contributed by atoms with Crippen LogP contribution in [0.2, 0.25) is 0 Å². The molecular weight excluding hydrogens is 479 g/mol. The Labute approximate surface area is 184 Å². The fourth-order valence-corrected chi connectivity index (χ4v) is 4.52. The number of aliphatic carboxylic acids is 1. The number of nitrogens with one attached hydrogen (secondary N) is 1. The van der Waals surface area contributed by atoms with Gasteiger partial charge in [0.2, 0.25) is 5.91 Å². The fourth-order valence-electron chi connectivity index (χ4n) is 4.26. The molecular formula is C22H17BrF3NO4. The number of rotatable bonds is 5. The first-order chi connectivity index (χ1) is 14.6. The molecule has 2 aliphatic carbocycles. The Kier molecular flexibility index (Phi) is 5.55. The first-order valence-electron chi connectivity index (χ1n) is 9.50. The number of benzene rings is 2. The van der Waals surface area contributed by atoms with Gasteiger partial charge in [0.1, 0.15) is 5.75 Å². The lowest BCUT2D eigenvalue weighted by Crippen LogP contribution is -2.36. The second kappa shape index (κ2) is 8.03. The largest absolute Gasteiger partial charge is 0.481 e. The number of carbonyl (C=O) groups excluding carboxylic acids is 1. The van der Waals surface area contributed by atoms with Gasteiger partial charge in [0.05, 0.1) is 23.1 Å². The standard InChI is InChI=1S/C22H17BrF3NO4/c23-14-4-6-15(7-5-14)31-17-8-3-13(22(24,25)26)10-16(17)27-20(28)18-11-1-2-12(9-11)19(18)21(29)30/h1-8,10-12,18-19H,9H2,(H,27,28)(H,29,30)/t11-,12-,18-,19-/m0/s1. The van der Waals surface area contributed by atoms with Gasteiger partial charge in [-0.05, 0) is 60.7 Å². The van der Waals surface area contributed by atoms with E-state index in [4.69, 9.17) is 4.74 Å². The summed E-state index contributed by atoms with van der Waals surface area (Å²) in [6, 6.07) is 9.45. The van der Waals surface area contributed by atoms with Crippen LogP contribution in [0.4, 0.5) is 18.9 Å². The number of anilines is 1. The van der Waals surface area contributed by atoms with Gasteiger partial charge < -0.3 is 15.2 Å². The number of halogens is 4. The van der Waals surface area contributed by atoms with Crippen LogP contribution in [0.15, 0.2) is 59.1 Å². The molecule has 162 valence electrons. The smallest absolute Gasteiger partial charge is 0.416 e. The van der Waals surface area contributed by atoms with Crippen LogP contribution in [-0.2, 0) is 15.8 Å². The number of carboxylic acids is 1. The van der Waals surface area contributed by atoms with E-state index in [2.05, 4.69) is 21.2 Å². The SMILES string of the molecule is O=C(O)[C@@H]1[C@@H](C(=O)Nc2cc(C(F)(F)F)ccc2Oc2ccc(Br)cc2)[C@H]2C=C[C@H]1C2. The van der Waals surface area contributed by atoms with E-state index < -0.39 is 35.5 Å². The minimum absolute atomic E-state index is 0.0224. The summed E-state index contributed by atoms with van der Waals surface area (Å²) in [4.78, 5) is 24.7. The quantitative estimate of drug-likeness (QED) is 0.520. The van der Waals surface area contributed by atoms with E-state index in [9.17, 15) is 27.9 Å². The highest BCUT2D eigenvalue weighted by Crippen LogP contribution is 2.49. The number of carbonyl (C=O) groups is 2. The first kappa shape index (κ1) is 21.4. The third kappa shape index (κ3) is 4.32. The van der Waals surface area contributed by atoms with Crippen molar-refractivity contribution in [2.45, 2.75) is 12.6 Å². The molecule has 9 heteroatoms. The van der Waals surface area contributed by atoms with Crippen molar-refractivity contribution < 1.29 is 32.6 Å². The van der Waals surface area contributed by atoms with Gasteiger partial charge in [-0.1, -0.05) is 28.1 Å². The predicted octanol–water partition coefficient (Wildman–Crippen LogP) is 5.72. The van der Waals surface area contributed by atoms with Crippen molar-refractivity contribution in [2.75, 3.05) is 5.32 Å². The van der Waals surface area contributed by atoms with Crippen LogP contribution >= 0.6 is 15.9 Å². The summed E-state index contributed by atoms with van der Waals surface area (Å²) in [7, 11) is 0. The molecule has 0 aliphatic heterocycles. The molecule has 2 N–H and O–H groups in total. The van der Waals surface area contributed by atoms with Gasteiger partial charge in [-0.25, -0.2) is 0 Å². The minimum atomic E-state index is -4.62. The van der Waals surface area contributed by atoms with Gasteiger partial charge in [0.25, 0.3) is 0 Å². The predicted molar refractivity (Wildman–Crippen MR) is 110 cm³/mol. The summed E-state index contributed by atoms with van der Waals surface area (Å²) in [5, 5.41) is 12.0. The van der Waals surface area contributed by atoms with Crippen molar-refractivity contribution in [1.82, 2.24) is 0 Å². The first-order valence-corrected chi connectivity index (χ1v) is 10.3. The fraction of sp³-hybridized carbons (Fsp3) is 0.273. The van der Waals surface area contributed by atoms with Gasteiger partial charge in [-0.3, -0.25) is 9.59 Å². The molecule has 0 heterocycles. The molecule has 0 aromatic heterocycles. The molecule has 4 rings (SSSR count). The lowest BCUT2D eigenvalue weighted by Gasteiger charge is -2.24. The molecule has 4 atom stereocenters. The Morgan fingerprint density at radius 2 is 1.68 bits per heavy atom. The van der Waals surface area contributed by atoms with E-state index in [-0.39, 0.29) is 23.3 Å². The maximum Gasteiger partial charge on any atom is 0.416 e. The van der Waals surface area contributed by atoms with Crippen LogP contribution in [0.1, 0.15) is 12.0 Å². The minimum Gasteiger partial charge on any atom is -0.481 e. The maximum absolute atomic E-state index is 13.3. The lowest BCUT2D eigenvalue weighted by molar-refractivity contribution is -0.146. The summed E-state index contributed by atoms with van der Waals surface area (Å²) in [6.45, 7) is 0. The Morgan fingerprint density at radius 1 is 1.03 bits per heavy atom. The Bertz CT molecular complexity index is 1050. The molecule has 2 aliphatic rings. The summed E-state index contributed by atoms with van der Waals surface area (Å²) >= 11 is 3.29. The Morgan fingerprint density at radius 3 is 2.29 bits per heavy atom. The summed E-state index contributed by atoms with van der Waals surface area (Å²) < 4.78 is 46.3. The molecule has 1 fully saturated rings. The molecule has 1 amide bonds. The van der Waals surface area contributed by atoms with Gasteiger partial charge >= 0.3 is 12.1 Å². The number of amides is 1. The van der Waals surface area contributed by atoms with E-state index in [1.807, 2.05) is 0 Å². The number of fused-ring (bicyclic) bond motifs is 2. The maximum atomic E-state index is 13.3. The number of carboxylic acid groups (broad SMARTS) is 1. The van der Waals surface area contributed by atoms with Gasteiger partial charge in [0, 0.05) is 4.47 Å². The zero-order valence-electron chi connectivity index (χ0n) is 15.9. The van der Waals surface area contributed by atoms with Crippen molar-refractivity contribution in [3.63, 3.8) is 0 Å². The normalized spacial score (nSPS) is 24.3. The summed E-state index contributed by atoms with van der Waals surface area (Å²) in [5.74, 6) is -3.61. The molecule has 2 bridgehead atoms. The van der Waals surface area contributed by atoms with E-state index in [1.54, 1.807) is 36.4 Å². The molecule has 5 nitrogen and oxygen atoms in total. The monoisotopic (exact) mass is 495 g/mol. The van der Waals surface area contributed by atoms with E-state index in [0.717, 1.165) is 22.7 Å². The molecule has 1 saturated carbocycles. The highest BCUT2D eigenvalue weighted by Gasteiger charge is 2.51. The number of hydrogen-bond acceptors (Lipinski definition) is 3. The average molecular weight is 496 g/mol. The second-order valence-electron chi connectivity index (χ2n) is 7.59. The average Bonchev–Trinajstić information content (AvgIpc) is 3.31. The second-order valence-corrected chi connectivity index (χ2v) is 8.51. The van der Waals surface area contributed by atoms with Gasteiger partial charge in [-0.2, -0.15) is 13.2 Å². The van der Waals surface area contributed by atoms with E-state index >= 15 is 0 Å². The molecule has 2 aromatic carbocycles. The van der Waals surface area contributed by atoms with E-state index in [1.165, 1.54) is 0 Å². The zero-order chi connectivity index (χ0) is 22.3. The molecule has 31 heavy (non-hydrogen) atoms. The van der Waals surface area contributed by atoms with Crippen molar-refractivity contribution in [3.05, 3.63) is 64.7 Å². The molecule has 0 spiro atoms. The molecule has 0 radical (unpaired) electrons. The highest BCUT2D eigenvalue weighted by atomic mass is 79.9. The van der Waals surface area contributed by atoms with Crippen molar-refractivity contribution in [2.24, 2.45) is 23.7 Å². The summed E-state index contributed by atoms with van der Waals surface area (Å²) in [6.07, 6.45) is -0.479. The van der Waals surface area contributed by atoms with Crippen molar-refractivity contribution >= 4 is 33.5 Å². The van der Waals surface area contributed by atoms with Gasteiger partial charge in [0.15, 0.2) is 5.75 Å². The van der Waals surface area contributed by atoms with Crippen LogP contribution < -0.4 is 10.1 Å². The topological polar surface area (TPSA) is 75.6 Å². The number of allylic oxidation sites excluding steroid dienone is 2. The molecule has 2 aromatic rings. The van der Waals surface area contributed by atoms with Crippen LogP contribution in [0.25, 0.3) is 0 Å². The van der Waals surface area contributed by atoms with Crippen LogP contribution in [-0.4, -0.2) is 17.0 Å². The summed E-state index contributed by atoms with van der Waals surface area (Å²) in [5.41, 5.74) is -1.12. The third-order valence-electron chi connectivity index (χ3n) is 5.65. The number of ether oxygens (including phenoxy) is 1. The van der Waals surface area contributed by atoms with Crippen LogP contribution in [0.5, 0.6) is 11.5 Å². The molecule has 0 unspecified atom stereocenters. The Balaban J connectivity index is 1.65. The number of hydrogen-bond donors (Lipinski definition) is 2. The van der Waals surface area contributed by atoms with Crippen LogP contribution in [0.3, 0.4) is 0 Å².